The Hall–Kier alpha value is -2.08. The van der Waals surface area contributed by atoms with Crippen LogP contribution >= 0.6 is 11.3 Å². The first-order valence-electron chi connectivity index (χ1n) is 4.78. The van der Waals surface area contributed by atoms with Crippen LogP contribution in [0.1, 0.15) is 16.1 Å². The van der Waals surface area contributed by atoms with Crippen molar-refractivity contribution in [1.29, 1.82) is 0 Å². The van der Waals surface area contributed by atoms with E-state index in [9.17, 15) is 9.59 Å². The topological polar surface area (TPSA) is 79.5 Å². The maximum Gasteiger partial charge on any atom is 0.311 e. The highest BCUT2D eigenvalue weighted by atomic mass is 32.1. The first kappa shape index (κ1) is 11.4. The molecule has 0 saturated carbocycles. The van der Waals surface area contributed by atoms with Gasteiger partial charge in [0, 0.05) is 5.38 Å². The Morgan fingerprint density at radius 3 is 2.88 bits per heavy atom. The van der Waals surface area contributed by atoms with Crippen LogP contribution in [-0.4, -0.2) is 17.0 Å². The molecule has 2 N–H and O–H groups in total. The van der Waals surface area contributed by atoms with Crippen molar-refractivity contribution >= 4 is 28.9 Å². The van der Waals surface area contributed by atoms with Crippen LogP contribution < -0.4 is 5.32 Å². The fourth-order valence-corrected chi connectivity index (χ4v) is 1.94. The third-order valence-corrected chi connectivity index (χ3v) is 2.76. The summed E-state index contributed by atoms with van der Waals surface area (Å²) < 4.78 is 4.98. The fourth-order valence-electron chi connectivity index (χ4n) is 1.35. The smallest absolute Gasteiger partial charge is 0.311 e. The Bertz CT molecular complexity index is 529. The molecule has 88 valence electrons. The summed E-state index contributed by atoms with van der Waals surface area (Å²) in [5, 5.41) is 14.9. The highest BCUT2D eigenvalue weighted by molar-refractivity contribution is 7.08. The molecule has 0 atom stereocenters. The predicted octanol–water partition coefficient (Wildman–Crippen LogP) is 2.22. The van der Waals surface area contributed by atoms with Crippen molar-refractivity contribution < 1.29 is 19.1 Å². The molecule has 5 nitrogen and oxygen atoms in total. The third kappa shape index (κ3) is 2.73. The molecule has 0 radical (unpaired) electrons. The summed E-state index contributed by atoms with van der Waals surface area (Å²) in [6.45, 7) is 0. The third-order valence-electron chi connectivity index (χ3n) is 2.08. The summed E-state index contributed by atoms with van der Waals surface area (Å²) in [5.74, 6) is -1.25. The summed E-state index contributed by atoms with van der Waals surface area (Å²) in [4.78, 5) is 22.4. The average Bonchev–Trinajstić information content (AvgIpc) is 2.87. The van der Waals surface area contributed by atoms with Gasteiger partial charge in [0.25, 0.3) is 5.91 Å². The molecule has 0 saturated heterocycles. The minimum Gasteiger partial charge on any atom is -0.481 e. The number of carbonyl (C=O) groups is 2. The zero-order valence-corrected chi connectivity index (χ0v) is 9.49. The van der Waals surface area contributed by atoms with Gasteiger partial charge in [-0.1, -0.05) is 0 Å². The van der Waals surface area contributed by atoms with Crippen LogP contribution in [0.4, 0.5) is 5.69 Å². The largest absolute Gasteiger partial charge is 0.481 e. The number of thiophene rings is 1. The van der Waals surface area contributed by atoms with Crippen molar-refractivity contribution in [1.82, 2.24) is 0 Å². The van der Waals surface area contributed by atoms with Crippen molar-refractivity contribution in [2.24, 2.45) is 0 Å². The quantitative estimate of drug-likeness (QED) is 0.873. The van der Waals surface area contributed by atoms with Crippen LogP contribution in [0.3, 0.4) is 0 Å². The molecule has 0 fully saturated rings. The van der Waals surface area contributed by atoms with Crippen molar-refractivity contribution in [3.8, 4) is 0 Å². The Balaban J connectivity index is 2.14. The number of carboxylic acid groups (broad SMARTS) is 1. The standard InChI is InChI=1S/C11H9NO4S/c13-10(14)5-9-8(1-3-16-9)11(15)12-7-2-4-17-6-7/h1-4,6H,5H2,(H,12,15)(H,13,14). The molecular weight excluding hydrogens is 242 g/mol. The van der Waals surface area contributed by atoms with Gasteiger partial charge in [0.15, 0.2) is 0 Å². The van der Waals surface area contributed by atoms with Crippen molar-refractivity contribution in [3.63, 3.8) is 0 Å². The van der Waals surface area contributed by atoms with E-state index < -0.39 is 5.97 Å². The molecule has 1 amide bonds. The van der Waals surface area contributed by atoms with E-state index >= 15 is 0 Å². The molecule has 0 bridgehead atoms. The highest BCUT2D eigenvalue weighted by Gasteiger charge is 2.17. The fraction of sp³-hybridized carbons (Fsp3) is 0.0909. The lowest BCUT2D eigenvalue weighted by molar-refractivity contribution is -0.136. The first-order chi connectivity index (χ1) is 8.16. The van der Waals surface area contributed by atoms with E-state index in [2.05, 4.69) is 5.32 Å². The van der Waals surface area contributed by atoms with Crippen LogP contribution in [0.25, 0.3) is 0 Å². The number of carboxylic acids is 1. The monoisotopic (exact) mass is 251 g/mol. The van der Waals surface area contributed by atoms with Crippen LogP contribution in [0.2, 0.25) is 0 Å². The van der Waals surface area contributed by atoms with Crippen molar-refractivity contribution in [3.05, 3.63) is 40.5 Å². The predicted molar refractivity (Wildman–Crippen MR) is 62.3 cm³/mol. The minimum absolute atomic E-state index is 0.158. The molecule has 0 aromatic carbocycles. The minimum atomic E-state index is -1.04. The second-order valence-corrected chi connectivity index (χ2v) is 4.07. The SMILES string of the molecule is O=C(O)Cc1occc1C(=O)Nc1ccsc1. The number of furan rings is 1. The van der Waals surface area contributed by atoms with Gasteiger partial charge < -0.3 is 14.8 Å². The molecule has 17 heavy (non-hydrogen) atoms. The van der Waals surface area contributed by atoms with Gasteiger partial charge in [0.1, 0.15) is 12.2 Å². The van der Waals surface area contributed by atoms with Gasteiger partial charge in [-0.2, -0.15) is 11.3 Å². The van der Waals surface area contributed by atoms with Crippen LogP contribution in [0, 0.1) is 0 Å². The van der Waals surface area contributed by atoms with E-state index in [1.165, 1.54) is 23.7 Å². The normalized spacial score (nSPS) is 10.1. The summed E-state index contributed by atoms with van der Waals surface area (Å²) >= 11 is 1.46. The van der Waals surface area contributed by atoms with Gasteiger partial charge in [-0.25, -0.2) is 0 Å². The van der Waals surface area contributed by atoms with Gasteiger partial charge in [0.05, 0.1) is 17.5 Å². The molecule has 0 spiro atoms. The average molecular weight is 251 g/mol. The van der Waals surface area contributed by atoms with Crippen LogP contribution in [-0.2, 0) is 11.2 Å². The molecular formula is C11H9NO4S. The van der Waals surface area contributed by atoms with E-state index in [4.69, 9.17) is 9.52 Å². The Morgan fingerprint density at radius 2 is 2.24 bits per heavy atom. The highest BCUT2D eigenvalue weighted by Crippen LogP contribution is 2.16. The number of hydrogen-bond donors (Lipinski definition) is 2. The number of amides is 1. The lowest BCUT2D eigenvalue weighted by Crippen LogP contribution is -2.13. The number of aliphatic carboxylic acids is 1. The van der Waals surface area contributed by atoms with Crippen molar-refractivity contribution in [2.75, 3.05) is 5.32 Å². The molecule has 2 aromatic heterocycles. The maximum atomic E-state index is 11.8. The van der Waals surface area contributed by atoms with Crippen LogP contribution in [0.5, 0.6) is 0 Å². The molecule has 2 rings (SSSR count). The summed E-state index contributed by atoms with van der Waals surface area (Å²) in [6.07, 6.45) is 1.00. The van der Waals surface area contributed by atoms with Gasteiger partial charge in [-0.3, -0.25) is 9.59 Å². The Kier molecular flexibility index (Phi) is 3.24. The Labute approximate surface area is 101 Å². The van der Waals surface area contributed by atoms with E-state index in [-0.39, 0.29) is 23.7 Å². The Morgan fingerprint density at radius 1 is 1.41 bits per heavy atom. The molecule has 2 aromatic rings. The molecule has 0 aliphatic carbocycles. The summed E-state index contributed by atoms with van der Waals surface area (Å²) in [5.41, 5.74) is 0.932. The van der Waals surface area contributed by atoms with Gasteiger partial charge >= 0.3 is 5.97 Å². The van der Waals surface area contributed by atoms with E-state index in [0.717, 1.165) is 0 Å². The molecule has 6 heteroatoms. The lowest BCUT2D eigenvalue weighted by atomic mass is 10.2. The number of anilines is 1. The maximum absolute atomic E-state index is 11.8. The van der Waals surface area contributed by atoms with Crippen molar-refractivity contribution in [2.45, 2.75) is 6.42 Å². The number of carbonyl (C=O) groups excluding carboxylic acids is 1. The molecule has 0 aliphatic heterocycles. The summed E-state index contributed by atoms with van der Waals surface area (Å²) in [6, 6.07) is 3.22. The van der Waals surface area contributed by atoms with Gasteiger partial charge in [0.2, 0.25) is 0 Å². The zero-order chi connectivity index (χ0) is 12.3. The molecule has 0 unspecified atom stereocenters. The van der Waals surface area contributed by atoms with Gasteiger partial charge in [-0.15, -0.1) is 0 Å². The molecule has 0 aliphatic rings. The number of hydrogen-bond acceptors (Lipinski definition) is 4. The van der Waals surface area contributed by atoms with Crippen LogP contribution in [0.15, 0.2) is 33.6 Å². The molecule has 2 heterocycles. The summed E-state index contributed by atoms with van der Waals surface area (Å²) in [7, 11) is 0. The second-order valence-electron chi connectivity index (χ2n) is 3.29. The lowest BCUT2D eigenvalue weighted by Gasteiger charge is -2.01. The second kappa shape index (κ2) is 4.84. The van der Waals surface area contributed by atoms with E-state index in [1.54, 1.807) is 11.4 Å². The number of rotatable bonds is 4. The van der Waals surface area contributed by atoms with E-state index in [1.807, 2.05) is 5.38 Å². The number of nitrogens with one attached hydrogen (secondary N) is 1. The van der Waals surface area contributed by atoms with E-state index in [0.29, 0.717) is 5.69 Å². The zero-order valence-electron chi connectivity index (χ0n) is 8.67. The first-order valence-corrected chi connectivity index (χ1v) is 5.73. The van der Waals surface area contributed by atoms with Gasteiger partial charge in [-0.05, 0) is 17.5 Å².